The van der Waals surface area contributed by atoms with Gasteiger partial charge in [-0.2, -0.15) is 0 Å². The van der Waals surface area contributed by atoms with Gasteiger partial charge in [-0.3, -0.25) is 4.79 Å². The van der Waals surface area contributed by atoms with Crippen LogP contribution in [0.1, 0.15) is 17.9 Å². The number of carbonyl (C=O) groups is 1. The molecule has 0 aromatic heterocycles. The minimum atomic E-state index is 0.0914. The van der Waals surface area contributed by atoms with Crippen molar-refractivity contribution in [1.82, 2.24) is 5.32 Å². The number of halogens is 1. The minimum Gasteiger partial charge on any atom is -0.355 e. The SMILES string of the molecule is NCC1CC(=O)NCC1c1cccc(Cl)c1. The highest BCUT2D eigenvalue weighted by Crippen LogP contribution is 2.30. The first-order valence-corrected chi connectivity index (χ1v) is 5.80. The summed E-state index contributed by atoms with van der Waals surface area (Å²) in [6, 6.07) is 7.77. The maximum atomic E-state index is 11.3. The van der Waals surface area contributed by atoms with E-state index in [1.54, 1.807) is 0 Å². The van der Waals surface area contributed by atoms with E-state index >= 15 is 0 Å². The molecule has 0 spiro atoms. The molecule has 2 rings (SSSR count). The molecule has 4 heteroatoms. The first-order valence-electron chi connectivity index (χ1n) is 5.43. The van der Waals surface area contributed by atoms with Crippen molar-refractivity contribution in [2.24, 2.45) is 11.7 Å². The molecule has 1 fully saturated rings. The van der Waals surface area contributed by atoms with Gasteiger partial charge >= 0.3 is 0 Å². The third kappa shape index (κ3) is 2.36. The average Bonchev–Trinajstić information content (AvgIpc) is 2.28. The Morgan fingerprint density at radius 1 is 1.50 bits per heavy atom. The predicted molar refractivity (Wildman–Crippen MR) is 64.4 cm³/mol. The summed E-state index contributed by atoms with van der Waals surface area (Å²) in [5.74, 6) is 0.586. The summed E-state index contributed by atoms with van der Waals surface area (Å²) >= 11 is 5.97. The zero-order valence-corrected chi connectivity index (χ0v) is 9.70. The molecular weight excluding hydrogens is 224 g/mol. The van der Waals surface area contributed by atoms with Gasteiger partial charge in [0.1, 0.15) is 0 Å². The Hall–Kier alpha value is -1.06. The van der Waals surface area contributed by atoms with Crippen LogP contribution in [-0.2, 0) is 4.79 Å². The number of nitrogens with one attached hydrogen (secondary N) is 1. The Bertz CT molecular complexity index is 394. The molecule has 2 atom stereocenters. The van der Waals surface area contributed by atoms with Crippen molar-refractivity contribution in [2.45, 2.75) is 12.3 Å². The summed E-state index contributed by atoms with van der Waals surface area (Å²) in [4.78, 5) is 11.3. The fraction of sp³-hybridized carbons (Fsp3) is 0.417. The van der Waals surface area contributed by atoms with E-state index in [4.69, 9.17) is 17.3 Å². The van der Waals surface area contributed by atoms with Gasteiger partial charge in [0.15, 0.2) is 0 Å². The van der Waals surface area contributed by atoms with Crippen molar-refractivity contribution in [1.29, 1.82) is 0 Å². The van der Waals surface area contributed by atoms with E-state index in [9.17, 15) is 4.79 Å². The summed E-state index contributed by atoms with van der Waals surface area (Å²) in [7, 11) is 0. The second kappa shape index (κ2) is 4.85. The number of amides is 1. The number of rotatable bonds is 2. The summed E-state index contributed by atoms with van der Waals surface area (Å²) in [5, 5.41) is 3.60. The minimum absolute atomic E-state index is 0.0914. The molecule has 86 valence electrons. The van der Waals surface area contributed by atoms with Crippen LogP contribution in [0.5, 0.6) is 0 Å². The van der Waals surface area contributed by atoms with E-state index in [0.29, 0.717) is 19.5 Å². The molecule has 1 amide bonds. The van der Waals surface area contributed by atoms with E-state index in [0.717, 1.165) is 10.6 Å². The van der Waals surface area contributed by atoms with Crippen molar-refractivity contribution in [2.75, 3.05) is 13.1 Å². The Morgan fingerprint density at radius 3 is 3.00 bits per heavy atom. The van der Waals surface area contributed by atoms with Crippen LogP contribution < -0.4 is 11.1 Å². The standard InChI is InChI=1S/C12H15ClN2O/c13-10-3-1-2-8(4-10)11-7-15-12(16)5-9(11)6-14/h1-4,9,11H,5-7,14H2,(H,15,16). The highest BCUT2D eigenvalue weighted by Gasteiger charge is 2.29. The Balaban J connectivity index is 2.22. The van der Waals surface area contributed by atoms with E-state index in [1.807, 2.05) is 24.3 Å². The van der Waals surface area contributed by atoms with Crippen LogP contribution in [0.4, 0.5) is 0 Å². The molecule has 1 aromatic carbocycles. The third-order valence-electron chi connectivity index (χ3n) is 3.12. The van der Waals surface area contributed by atoms with Gasteiger partial charge in [-0.05, 0) is 30.2 Å². The van der Waals surface area contributed by atoms with Gasteiger partial charge in [-0.15, -0.1) is 0 Å². The monoisotopic (exact) mass is 238 g/mol. The third-order valence-corrected chi connectivity index (χ3v) is 3.35. The van der Waals surface area contributed by atoms with Crippen LogP contribution in [0.3, 0.4) is 0 Å². The number of hydrogen-bond acceptors (Lipinski definition) is 2. The van der Waals surface area contributed by atoms with Gasteiger partial charge in [0.05, 0.1) is 0 Å². The number of benzene rings is 1. The van der Waals surface area contributed by atoms with E-state index in [-0.39, 0.29) is 17.7 Å². The Morgan fingerprint density at radius 2 is 2.31 bits per heavy atom. The maximum Gasteiger partial charge on any atom is 0.220 e. The van der Waals surface area contributed by atoms with Crippen molar-refractivity contribution in [3.63, 3.8) is 0 Å². The molecular formula is C12H15ClN2O. The van der Waals surface area contributed by atoms with E-state index < -0.39 is 0 Å². The van der Waals surface area contributed by atoms with Crippen molar-refractivity contribution >= 4 is 17.5 Å². The fourth-order valence-corrected chi connectivity index (χ4v) is 2.42. The molecule has 0 saturated carbocycles. The number of carbonyl (C=O) groups excluding carboxylic acids is 1. The molecule has 16 heavy (non-hydrogen) atoms. The van der Waals surface area contributed by atoms with Gasteiger partial charge < -0.3 is 11.1 Å². The van der Waals surface area contributed by atoms with Crippen LogP contribution >= 0.6 is 11.6 Å². The summed E-state index contributed by atoms with van der Waals surface area (Å²) in [5.41, 5.74) is 6.87. The predicted octanol–water partition coefficient (Wildman–Crippen LogP) is 1.52. The van der Waals surface area contributed by atoms with Crippen molar-refractivity contribution < 1.29 is 4.79 Å². The topological polar surface area (TPSA) is 55.1 Å². The lowest BCUT2D eigenvalue weighted by atomic mass is 9.81. The van der Waals surface area contributed by atoms with Gasteiger partial charge in [0.25, 0.3) is 0 Å². The first-order chi connectivity index (χ1) is 7.70. The summed E-state index contributed by atoms with van der Waals surface area (Å²) in [6.07, 6.45) is 0.508. The van der Waals surface area contributed by atoms with Crippen LogP contribution in [0.15, 0.2) is 24.3 Å². The van der Waals surface area contributed by atoms with Gasteiger partial charge in [-0.25, -0.2) is 0 Å². The average molecular weight is 239 g/mol. The number of hydrogen-bond donors (Lipinski definition) is 2. The molecule has 1 aliphatic heterocycles. The quantitative estimate of drug-likeness (QED) is 0.821. The maximum absolute atomic E-state index is 11.3. The summed E-state index contributed by atoms with van der Waals surface area (Å²) < 4.78 is 0. The Labute approximate surface area is 100.0 Å². The zero-order chi connectivity index (χ0) is 11.5. The van der Waals surface area contributed by atoms with Gasteiger partial charge in [-0.1, -0.05) is 23.7 Å². The first kappa shape index (κ1) is 11.4. The molecule has 3 nitrogen and oxygen atoms in total. The van der Waals surface area contributed by atoms with Crippen molar-refractivity contribution in [3.05, 3.63) is 34.9 Å². The van der Waals surface area contributed by atoms with E-state index in [1.165, 1.54) is 0 Å². The van der Waals surface area contributed by atoms with E-state index in [2.05, 4.69) is 5.32 Å². The number of piperidine rings is 1. The second-order valence-electron chi connectivity index (χ2n) is 4.17. The van der Waals surface area contributed by atoms with Gasteiger partial charge in [0, 0.05) is 23.9 Å². The molecule has 0 bridgehead atoms. The highest BCUT2D eigenvalue weighted by atomic mass is 35.5. The molecule has 1 aromatic rings. The molecule has 1 heterocycles. The molecule has 1 saturated heterocycles. The Kier molecular flexibility index (Phi) is 3.46. The lowest BCUT2D eigenvalue weighted by molar-refractivity contribution is -0.123. The molecule has 1 aliphatic rings. The molecule has 3 N–H and O–H groups in total. The molecule has 2 unspecified atom stereocenters. The molecule has 0 aliphatic carbocycles. The second-order valence-corrected chi connectivity index (χ2v) is 4.60. The lowest BCUT2D eigenvalue weighted by Crippen LogP contribution is -2.42. The largest absolute Gasteiger partial charge is 0.355 e. The molecule has 0 radical (unpaired) electrons. The lowest BCUT2D eigenvalue weighted by Gasteiger charge is -2.31. The zero-order valence-electron chi connectivity index (χ0n) is 8.95. The fourth-order valence-electron chi connectivity index (χ4n) is 2.22. The van der Waals surface area contributed by atoms with Crippen LogP contribution in [0, 0.1) is 5.92 Å². The van der Waals surface area contributed by atoms with Crippen LogP contribution in [0.2, 0.25) is 5.02 Å². The van der Waals surface area contributed by atoms with Crippen molar-refractivity contribution in [3.8, 4) is 0 Å². The highest BCUT2D eigenvalue weighted by molar-refractivity contribution is 6.30. The smallest absolute Gasteiger partial charge is 0.220 e. The normalized spacial score (nSPS) is 25.2. The van der Waals surface area contributed by atoms with Crippen LogP contribution in [0.25, 0.3) is 0 Å². The number of nitrogens with two attached hydrogens (primary N) is 1. The summed E-state index contributed by atoms with van der Waals surface area (Å²) in [6.45, 7) is 1.19. The van der Waals surface area contributed by atoms with Gasteiger partial charge in [0.2, 0.25) is 5.91 Å². The van der Waals surface area contributed by atoms with Crippen LogP contribution in [-0.4, -0.2) is 19.0 Å².